The summed E-state index contributed by atoms with van der Waals surface area (Å²) in [6, 6.07) is 6.92. The minimum Gasteiger partial charge on any atom is -0.480 e. The third kappa shape index (κ3) is 2.30. The van der Waals surface area contributed by atoms with E-state index in [1.54, 1.807) is 38.1 Å². The van der Waals surface area contributed by atoms with Gasteiger partial charge in [0, 0.05) is 0 Å². The Hall–Kier alpha value is -1.84. The summed E-state index contributed by atoms with van der Waals surface area (Å²) in [5.74, 6) is -1.94. The highest BCUT2D eigenvalue weighted by atomic mass is 16.5. The monoisotopic (exact) mass is 236 g/mol. The molecular formula is C13H16O4. The fourth-order valence-corrected chi connectivity index (χ4v) is 1.72. The standard InChI is InChI=1S/C13H16O4/c1-4-17-12(16)13(3,11(14)15)10-8-6-5-7-9(10)2/h5-8H,4H2,1-3H3,(H,14,15). The fourth-order valence-electron chi connectivity index (χ4n) is 1.72. The maximum atomic E-state index is 11.9. The Labute approximate surface area is 100 Å². The van der Waals surface area contributed by atoms with Crippen molar-refractivity contribution < 1.29 is 19.4 Å². The third-order valence-corrected chi connectivity index (χ3v) is 2.80. The van der Waals surface area contributed by atoms with Gasteiger partial charge in [0.15, 0.2) is 5.41 Å². The number of carboxylic acids is 1. The second-order valence-corrected chi connectivity index (χ2v) is 3.97. The van der Waals surface area contributed by atoms with Crippen molar-refractivity contribution in [3.8, 4) is 0 Å². The quantitative estimate of drug-likeness (QED) is 0.640. The summed E-state index contributed by atoms with van der Waals surface area (Å²) >= 11 is 0. The first-order valence-corrected chi connectivity index (χ1v) is 5.41. The summed E-state index contributed by atoms with van der Waals surface area (Å²) in [7, 11) is 0. The van der Waals surface area contributed by atoms with Gasteiger partial charge >= 0.3 is 11.9 Å². The summed E-state index contributed by atoms with van der Waals surface area (Å²) in [5.41, 5.74) is -0.433. The Bertz CT molecular complexity index is 439. The third-order valence-electron chi connectivity index (χ3n) is 2.80. The van der Waals surface area contributed by atoms with Crippen LogP contribution in [0.3, 0.4) is 0 Å². The van der Waals surface area contributed by atoms with Gasteiger partial charge in [-0.25, -0.2) is 0 Å². The Balaban J connectivity index is 3.31. The van der Waals surface area contributed by atoms with Gasteiger partial charge in [-0.1, -0.05) is 24.3 Å². The van der Waals surface area contributed by atoms with Crippen molar-refractivity contribution in [2.45, 2.75) is 26.2 Å². The van der Waals surface area contributed by atoms with Crippen LogP contribution in [0.5, 0.6) is 0 Å². The number of aryl methyl sites for hydroxylation is 1. The van der Waals surface area contributed by atoms with E-state index in [0.717, 1.165) is 5.56 Å². The molecule has 0 aromatic heterocycles. The van der Waals surface area contributed by atoms with Crippen LogP contribution < -0.4 is 0 Å². The Morgan fingerprint density at radius 1 is 1.35 bits per heavy atom. The molecule has 0 aliphatic rings. The van der Waals surface area contributed by atoms with E-state index in [0.29, 0.717) is 5.56 Å². The minimum atomic E-state index is -1.65. The molecule has 1 aromatic rings. The molecule has 0 amide bonds. The average Bonchev–Trinajstić information content (AvgIpc) is 2.28. The number of carbonyl (C=O) groups is 2. The number of hydrogen-bond donors (Lipinski definition) is 1. The largest absolute Gasteiger partial charge is 0.480 e. The normalized spacial score (nSPS) is 13.8. The maximum absolute atomic E-state index is 11.9. The lowest BCUT2D eigenvalue weighted by Crippen LogP contribution is -2.42. The first-order valence-electron chi connectivity index (χ1n) is 5.41. The number of benzene rings is 1. The molecule has 0 fully saturated rings. The first kappa shape index (κ1) is 13.2. The van der Waals surface area contributed by atoms with Crippen LogP contribution in [0.25, 0.3) is 0 Å². The summed E-state index contributed by atoms with van der Waals surface area (Å²) in [6.45, 7) is 4.96. The zero-order valence-electron chi connectivity index (χ0n) is 10.2. The molecule has 1 unspecified atom stereocenters. The van der Waals surface area contributed by atoms with E-state index in [4.69, 9.17) is 4.74 Å². The van der Waals surface area contributed by atoms with Crippen LogP contribution in [0, 0.1) is 6.92 Å². The molecule has 0 saturated carbocycles. The molecule has 0 radical (unpaired) electrons. The number of carboxylic acid groups (broad SMARTS) is 1. The van der Waals surface area contributed by atoms with Gasteiger partial charge in [0.05, 0.1) is 6.61 Å². The molecule has 1 N–H and O–H groups in total. The number of carbonyl (C=O) groups excluding carboxylic acids is 1. The smallest absolute Gasteiger partial charge is 0.327 e. The first-order chi connectivity index (χ1) is 7.94. The van der Waals surface area contributed by atoms with Crippen molar-refractivity contribution in [2.24, 2.45) is 0 Å². The van der Waals surface area contributed by atoms with Gasteiger partial charge in [-0.15, -0.1) is 0 Å². The van der Waals surface area contributed by atoms with E-state index in [1.807, 2.05) is 0 Å². The second-order valence-electron chi connectivity index (χ2n) is 3.97. The zero-order chi connectivity index (χ0) is 13.1. The molecule has 4 heteroatoms. The highest BCUT2D eigenvalue weighted by Crippen LogP contribution is 2.28. The molecule has 0 spiro atoms. The van der Waals surface area contributed by atoms with Crippen molar-refractivity contribution in [1.82, 2.24) is 0 Å². The molecular weight excluding hydrogens is 220 g/mol. The van der Waals surface area contributed by atoms with Crippen LogP contribution in [-0.4, -0.2) is 23.7 Å². The van der Waals surface area contributed by atoms with E-state index < -0.39 is 17.4 Å². The molecule has 1 atom stereocenters. The molecule has 1 aromatic carbocycles. The number of esters is 1. The lowest BCUT2D eigenvalue weighted by Gasteiger charge is -2.24. The maximum Gasteiger partial charge on any atom is 0.327 e. The van der Waals surface area contributed by atoms with Gasteiger partial charge in [-0.2, -0.15) is 0 Å². The minimum absolute atomic E-state index is 0.160. The van der Waals surface area contributed by atoms with E-state index in [9.17, 15) is 14.7 Å². The van der Waals surface area contributed by atoms with Crippen molar-refractivity contribution in [3.05, 3.63) is 35.4 Å². The van der Waals surface area contributed by atoms with Crippen LogP contribution in [0.4, 0.5) is 0 Å². The molecule has 4 nitrogen and oxygen atoms in total. The molecule has 0 saturated heterocycles. The van der Waals surface area contributed by atoms with Crippen LogP contribution in [0.15, 0.2) is 24.3 Å². The van der Waals surface area contributed by atoms with Gasteiger partial charge in [0.2, 0.25) is 0 Å². The lowest BCUT2D eigenvalue weighted by atomic mass is 9.80. The van der Waals surface area contributed by atoms with Crippen LogP contribution >= 0.6 is 0 Å². The summed E-state index contributed by atoms with van der Waals surface area (Å²) in [4.78, 5) is 23.2. The molecule has 92 valence electrons. The SMILES string of the molecule is CCOC(=O)C(C)(C(=O)O)c1ccccc1C. The highest BCUT2D eigenvalue weighted by molar-refractivity contribution is 6.05. The fraction of sp³-hybridized carbons (Fsp3) is 0.385. The Morgan fingerprint density at radius 2 is 1.94 bits per heavy atom. The number of rotatable bonds is 4. The van der Waals surface area contributed by atoms with Gasteiger partial charge in [-0.05, 0) is 31.9 Å². The van der Waals surface area contributed by atoms with Crippen molar-refractivity contribution in [2.75, 3.05) is 6.61 Å². The highest BCUT2D eigenvalue weighted by Gasteiger charge is 2.45. The van der Waals surface area contributed by atoms with Crippen LogP contribution in [0.2, 0.25) is 0 Å². The zero-order valence-corrected chi connectivity index (χ0v) is 10.2. The van der Waals surface area contributed by atoms with Gasteiger partial charge in [0.1, 0.15) is 0 Å². The Kier molecular flexibility index (Phi) is 3.89. The second kappa shape index (κ2) is 4.99. The number of ether oxygens (including phenoxy) is 1. The molecule has 1 rings (SSSR count). The lowest BCUT2D eigenvalue weighted by molar-refractivity contribution is -0.160. The Morgan fingerprint density at radius 3 is 2.41 bits per heavy atom. The molecule has 0 bridgehead atoms. The number of aliphatic carboxylic acids is 1. The van der Waals surface area contributed by atoms with Gasteiger partial charge < -0.3 is 9.84 Å². The van der Waals surface area contributed by atoms with Crippen molar-refractivity contribution in [1.29, 1.82) is 0 Å². The topological polar surface area (TPSA) is 63.6 Å². The molecule has 0 aliphatic carbocycles. The van der Waals surface area contributed by atoms with E-state index in [1.165, 1.54) is 6.92 Å². The van der Waals surface area contributed by atoms with Crippen LogP contribution in [-0.2, 0) is 19.7 Å². The average molecular weight is 236 g/mol. The summed E-state index contributed by atoms with van der Waals surface area (Å²) in [5, 5.41) is 9.31. The predicted molar refractivity (Wildman–Crippen MR) is 62.8 cm³/mol. The van der Waals surface area contributed by atoms with Crippen molar-refractivity contribution >= 4 is 11.9 Å². The number of hydrogen-bond acceptors (Lipinski definition) is 3. The van der Waals surface area contributed by atoms with Crippen molar-refractivity contribution in [3.63, 3.8) is 0 Å². The summed E-state index contributed by atoms with van der Waals surface area (Å²) < 4.78 is 4.86. The van der Waals surface area contributed by atoms with E-state index >= 15 is 0 Å². The predicted octanol–water partition coefficient (Wildman–Crippen LogP) is 1.90. The van der Waals surface area contributed by atoms with Gasteiger partial charge in [-0.3, -0.25) is 9.59 Å². The molecule has 0 aliphatic heterocycles. The van der Waals surface area contributed by atoms with Crippen LogP contribution in [0.1, 0.15) is 25.0 Å². The van der Waals surface area contributed by atoms with E-state index in [-0.39, 0.29) is 6.61 Å². The summed E-state index contributed by atoms with van der Waals surface area (Å²) in [6.07, 6.45) is 0. The molecule has 0 heterocycles. The van der Waals surface area contributed by atoms with E-state index in [2.05, 4.69) is 0 Å². The molecule has 17 heavy (non-hydrogen) atoms. The van der Waals surface area contributed by atoms with Gasteiger partial charge in [0.25, 0.3) is 0 Å².